The van der Waals surface area contributed by atoms with E-state index in [1.807, 2.05) is 19.1 Å². The number of anilines is 2. The molecule has 0 saturated carbocycles. The standard InChI is InChI=1S/C26H24ClN5O3.C2HF3O2/c1-16-29-22-6-3-11-28-24(22)32(16)20-9-12-31(13-10-20)23-8-7-19(15-21(23)26(34)35)30-25(33)17-4-2-5-18(27)14-17;3-2(4,5)1(6)7/h2-8,11,14-15,20H,9-10,12-13H2,1H3,(H,30,33)(H,34,35);(H,6,7). The average Bonchev–Trinajstić information content (AvgIpc) is 3.28. The van der Waals surface area contributed by atoms with Crippen LogP contribution < -0.4 is 10.2 Å². The van der Waals surface area contributed by atoms with Crippen LogP contribution >= 0.6 is 11.6 Å². The van der Waals surface area contributed by atoms with Crippen LogP contribution in [0.4, 0.5) is 24.5 Å². The number of aromatic nitrogens is 3. The quantitative estimate of drug-likeness (QED) is 0.260. The smallest absolute Gasteiger partial charge is 0.478 e. The second-order valence-electron chi connectivity index (χ2n) is 9.40. The number of aromatic carboxylic acids is 1. The Labute approximate surface area is 242 Å². The molecule has 3 heterocycles. The first kappa shape index (κ1) is 30.3. The number of aryl methyl sites for hydroxylation is 1. The molecular formula is C28H25ClF3N5O5. The monoisotopic (exact) mass is 603 g/mol. The van der Waals surface area contributed by atoms with Gasteiger partial charge >= 0.3 is 18.1 Å². The number of carbonyl (C=O) groups excluding carboxylic acids is 1. The number of hydrogen-bond acceptors (Lipinski definition) is 6. The van der Waals surface area contributed by atoms with Gasteiger partial charge in [0.2, 0.25) is 0 Å². The van der Waals surface area contributed by atoms with E-state index in [0.717, 1.165) is 29.8 Å². The topological polar surface area (TPSA) is 138 Å². The zero-order valence-corrected chi connectivity index (χ0v) is 22.9. The first-order chi connectivity index (χ1) is 19.8. The van der Waals surface area contributed by atoms with Crippen LogP contribution in [0.1, 0.15) is 45.4 Å². The van der Waals surface area contributed by atoms with Crippen LogP contribution in [0, 0.1) is 6.92 Å². The van der Waals surface area contributed by atoms with Crippen molar-refractivity contribution in [1.82, 2.24) is 14.5 Å². The lowest BCUT2D eigenvalue weighted by Crippen LogP contribution is -2.35. The van der Waals surface area contributed by atoms with Gasteiger partial charge in [0.1, 0.15) is 11.3 Å². The van der Waals surface area contributed by atoms with Crippen LogP contribution in [0.5, 0.6) is 0 Å². The molecule has 2 aromatic heterocycles. The van der Waals surface area contributed by atoms with Crippen LogP contribution in [0.25, 0.3) is 11.2 Å². The fourth-order valence-electron chi connectivity index (χ4n) is 4.74. The van der Waals surface area contributed by atoms with E-state index >= 15 is 0 Å². The number of pyridine rings is 1. The van der Waals surface area contributed by atoms with Gasteiger partial charge in [-0.3, -0.25) is 4.79 Å². The van der Waals surface area contributed by atoms with Crippen molar-refractivity contribution in [2.75, 3.05) is 23.3 Å². The third-order valence-electron chi connectivity index (χ3n) is 6.61. The number of nitrogens with zero attached hydrogens (tertiary/aromatic N) is 4. The van der Waals surface area contributed by atoms with Gasteiger partial charge in [-0.2, -0.15) is 13.2 Å². The Morgan fingerprint density at radius 3 is 2.33 bits per heavy atom. The summed E-state index contributed by atoms with van der Waals surface area (Å²) >= 11 is 5.97. The molecule has 14 heteroatoms. The number of halogens is 4. The van der Waals surface area contributed by atoms with Gasteiger partial charge in [-0.05, 0) is 68.3 Å². The van der Waals surface area contributed by atoms with Crippen molar-refractivity contribution in [2.45, 2.75) is 32.0 Å². The number of carboxylic acid groups (broad SMARTS) is 2. The molecule has 1 fully saturated rings. The molecule has 1 aliphatic rings. The van der Waals surface area contributed by atoms with E-state index in [2.05, 4.69) is 24.8 Å². The van der Waals surface area contributed by atoms with Crippen molar-refractivity contribution in [1.29, 1.82) is 0 Å². The molecule has 3 N–H and O–H groups in total. The zero-order valence-electron chi connectivity index (χ0n) is 22.1. The minimum atomic E-state index is -5.08. The normalized spacial score (nSPS) is 13.8. The molecule has 0 atom stereocenters. The lowest BCUT2D eigenvalue weighted by Gasteiger charge is -2.35. The molecule has 2 aromatic carbocycles. The molecule has 220 valence electrons. The predicted molar refractivity (Wildman–Crippen MR) is 149 cm³/mol. The van der Waals surface area contributed by atoms with Crippen molar-refractivity contribution in [3.63, 3.8) is 0 Å². The summed E-state index contributed by atoms with van der Waals surface area (Å²) in [4.78, 5) is 44.8. The van der Waals surface area contributed by atoms with Gasteiger partial charge in [0.05, 0.1) is 11.3 Å². The summed E-state index contributed by atoms with van der Waals surface area (Å²) in [7, 11) is 0. The lowest BCUT2D eigenvalue weighted by molar-refractivity contribution is -0.192. The van der Waals surface area contributed by atoms with Gasteiger partial charge in [0.25, 0.3) is 5.91 Å². The minimum absolute atomic E-state index is 0.151. The molecule has 42 heavy (non-hydrogen) atoms. The molecule has 1 saturated heterocycles. The number of rotatable bonds is 5. The van der Waals surface area contributed by atoms with Crippen LogP contribution in [0.2, 0.25) is 5.02 Å². The van der Waals surface area contributed by atoms with Crippen molar-refractivity contribution >= 4 is 52.0 Å². The number of imidazole rings is 1. The summed E-state index contributed by atoms with van der Waals surface area (Å²) in [5.41, 5.74) is 3.38. The summed E-state index contributed by atoms with van der Waals surface area (Å²) < 4.78 is 33.9. The van der Waals surface area contributed by atoms with Gasteiger partial charge in [0, 0.05) is 41.6 Å². The first-order valence-corrected chi connectivity index (χ1v) is 13.0. The highest BCUT2D eigenvalue weighted by Gasteiger charge is 2.38. The maximum atomic E-state index is 12.6. The Hall–Kier alpha value is -4.65. The summed E-state index contributed by atoms with van der Waals surface area (Å²) in [5.74, 6) is -3.22. The number of amides is 1. The van der Waals surface area contributed by atoms with Gasteiger partial charge in [-0.25, -0.2) is 19.6 Å². The highest BCUT2D eigenvalue weighted by molar-refractivity contribution is 6.31. The summed E-state index contributed by atoms with van der Waals surface area (Å²) in [6.07, 6.45) is -1.62. The van der Waals surface area contributed by atoms with Gasteiger partial charge in [-0.1, -0.05) is 17.7 Å². The molecule has 1 aliphatic heterocycles. The minimum Gasteiger partial charge on any atom is -0.478 e. The number of alkyl halides is 3. The molecule has 0 radical (unpaired) electrons. The van der Waals surface area contributed by atoms with Gasteiger partial charge in [-0.15, -0.1) is 0 Å². The Balaban J connectivity index is 0.000000517. The Bertz CT molecular complexity index is 1630. The van der Waals surface area contributed by atoms with Crippen LogP contribution in [-0.2, 0) is 4.79 Å². The van der Waals surface area contributed by atoms with Crippen LogP contribution in [0.15, 0.2) is 60.8 Å². The molecule has 1 amide bonds. The van der Waals surface area contributed by atoms with Crippen molar-refractivity contribution in [2.24, 2.45) is 0 Å². The van der Waals surface area contributed by atoms with Crippen LogP contribution in [-0.4, -0.2) is 61.9 Å². The van der Waals surface area contributed by atoms with Crippen molar-refractivity contribution in [3.8, 4) is 0 Å². The fraction of sp³-hybridized carbons (Fsp3) is 0.250. The molecule has 0 spiro atoms. The maximum Gasteiger partial charge on any atom is 0.490 e. The first-order valence-electron chi connectivity index (χ1n) is 12.6. The van der Waals surface area contributed by atoms with E-state index in [1.165, 1.54) is 6.07 Å². The number of hydrogen-bond donors (Lipinski definition) is 3. The summed E-state index contributed by atoms with van der Waals surface area (Å²) in [5, 5.41) is 20.2. The molecule has 10 nitrogen and oxygen atoms in total. The van der Waals surface area contributed by atoms with E-state index in [9.17, 15) is 27.9 Å². The van der Waals surface area contributed by atoms with E-state index in [4.69, 9.17) is 21.5 Å². The Morgan fingerprint density at radius 2 is 1.71 bits per heavy atom. The number of benzene rings is 2. The molecular weight excluding hydrogens is 579 g/mol. The van der Waals surface area contributed by atoms with Crippen molar-refractivity contribution < 1.29 is 37.8 Å². The summed E-state index contributed by atoms with van der Waals surface area (Å²) in [6, 6.07) is 15.7. The largest absolute Gasteiger partial charge is 0.490 e. The maximum absolute atomic E-state index is 12.6. The average molecular weight is 604 g/mol. The van der Waals surface area contributed by atoms with Crippen LogP contribution in [0.3, 0.4) is 0 Å². The molecule has 5 rings (SSSR count). The molecule has 0 bridgehead atoms. The number of nitrogens with one attached hydrogen (secondary N) is 1. The summed E-state index contributed by atoms with van der Waals surface area (Å²) in [6.45, 7) is 3.39. The third-order valence-corrected chi connectivity index (χ3v) is 6.84. The Kier molecular flexibility index (Phi) is 9.00. The third kappa shape index (κ3) is 6.97. The Morgan fingerprint density at radius 1 is 1.02 bits per heavy atom. The molecule has 4 aromatic rings. The number of piperidine rings is 1. The molecule has 0 unspecified atom stereocenters. The van der Waals surface area contributed by atoms with Gasteiger partial charge < -0.3 is 25.0 Å². The highest BCUT2D eigenvalue weighted by atomic mass is 35.5. The van der Waals surface area contributed by atoms with E-state index in [-0.39, 0.29) is 17.5 Å². The SMILES string of the molecule is Cc1nc2cccnc2n1C1CCN(c2ccc(NC(=O)c3cccc(Cl)c3)cc2C(=O)O)CC1.O=C(O)C(F)(F)F. The van der Waals surface area contributed by atoms with Crippen molar-refractivity contribution in [3.05, 3.63) is 82.8 Å². The second kappa shape index (κ2) is 12.5. The number of carbonyl (C=O) groups is 3. The predicted octanol–water partition coefficient (Wildman–Crippen LogP) is 5.82. The second-order valence-corrected chi connectivity index (χ2v) is 9.83. The van der Waals surface area contributed by atoms with Gasteiger partial charge in [0.15, 0.2) is 5.65 Å². The number of fused-ring (bicyclic) bond motifs is 1. The number of carboxylic acids is 2. The van der Waals surface area contributed by atoms with E-state index in [1.54, 1.807) is 42.6 Å². The van der Waals surface area contributed by atoms with E-state index < -0.39 is 18.1 Å². The molecule has 0 aliphatic carbocycles. The highest BCUT2D eigenvalue weighted by Crippen LogP contribution is 2.32. The zero-order chi connectivity index (χ0) is 30.6. The fourth-order valence-corrected chi connectivity index (χ4v) is 4.93. The lowest BCUT2D eigenvalue weighted by atomic mass is 10.0. The van der Waals surface area contributed by atoms with E-state index in [0.29, 0.717) is 35.1 Å². The number of aliphatic carboxylic acids is 1.